The molecule has 1 heterocycles. The summed E-state index contributed by atoms with van der Waals surface area (Å²) >= 11 is 6.17. The number of aromatic nitrogens is 2. The van der Waals surface area contributed by atoms with Crippen molar-refractivity contribution in [3.05, 3.63) is 16.4 Å². The van der Waals surface area contributed by atoms with Crippen LogP contribution in [0.1, 0.15) is 56.8 Å². The average Bonchev–Trinajstić information content (AvgIpc) is 2.56. The van der Waals surface area contributed by atoms with E-state index in [1.54, 1.807) is 4.68 Å². The lowest BCUT2D eigenvalue weighted by molar-refractivity contribution is 0.158. The zero-order valence-corrected chi connectivity index (χ0v) is 12.5. The molecule has 0 aliphatic heterocycles. The van der Waals surface area contributed by atoms with Gasteiger partial charge in [-0.05, 0) is 13.3 Å². The predicted octanol–water partition coefficient (Wildman–Crippen LogP) is 3.65. The number of aliphatic hydroxyl groups is 1. The number of rotatable bonds is 8. The topological polar surface area (TPSA) is 38.1 Å². The smallest absolute Gasteiger partial charge is 0.0847 e. The normalized spacial score (nSPS) is 12.9. The molecule has 1 unspecified atom stereocenters. The summed E-state index contributed by atoms with van der Waals surface area (Å²) in [5.41, 5.74) is 1.78. The second-order valence-corrected chi connectivity index (χ2v) is 5.41. The zero-order chi connectivity index (χ0) is 13.5. The van der Waals surface area contributed by atoms with Crippen LogP contribution in [-0.4, -0.2) is 21.0 Å². The Morgan fingerprint density at radius 3 is 2.50 bits per heavy atom. The summed E-state index contributed by atoms with van der Waals surface area (Å²) in [5, 5.41) is 15.0. The molecule has 0 spiro atoms. The summed E-state index contributed by atoms with van der Waals surface area (Å²) in [7, 11) is 1.88. The highest BCUT2D eigenvalue weighted by molar-refractivity contribution is 6.31. The quantitative estimate of drug-likeness (QED) is 0.734. The van der Waals surface area contributed by atoms with E-state index in [1.165, 1.54) is 25.7 Å². The molecule has 0 saturated carbocycles. The first-order valence-electron chi connectivity index (χ1n) is 6.92. The van der Waals surface area contributed by atoms with Crippen molar-refractivity contribution in [3.8, 4) is 0 Å². The van der Waals surface area contributed by atoms with E-state index in [9.17, 15) is 5.11 Å². The predicted molar refractivity (Wildman–Crippen MR) is 76.0 cm³/mol. The number of hydrogen-bond donors (Lipinski definition) is 1. The number of unbranched alkanes of at least 4 members (excludes halogenated alkanes) is 4. The van der Waals surface area contributed by atoms with Gasteiger partial charge >= 0.3 is 0 Å². The minimum atomic E-state index is -0.307. The van der Waals surface area contributed by atoms with Crippen LogP contribution in [0, 0.1) is 6.92 Å². The van der Waals surface area contributed by atoms with E-state index in [-0.39, 0.29) is 6.10 Å². The van der Waals surface area contributed by atoms with Crippen molar-refractivity contribution in [1.29, 1.82) is 0 Å². The first-order chi connectivity index (χ1) is 8.56. The summed E-state index contributed by atoms with van der Waals surface area (Å²) in [6, 6.07) is 0. The molecule has 4 heteroatoms. The zero-order valence-electron chi connectivity index (χ0n) is 11.7. The Morgan fingerprint density at radius 1 is 1.28 bits per heavy atom. The maximum absolute atomic E-state index is 10.0. The molecule has 0 saturated heterocycles. The van der Waals surface area contributed by atoms with Crippen molar-refractivity contribution in [3.63, 3.8) is 0 Å². The van der Waals surface area contributed by atoms with Crippen LogP contribution in [0.15, 0.2) is 0 Å². The molecule has 18 heavy (non-hydrogen) atoms. The van der Waals surface area contributed by atoms with Crippen LogP contribution in [0.3, 0.4) is 0 Å². The van der Waals surface area contributed by atoms with Gasteiger partial charge in [0.1, 0.15) is 0 Å². The number of aliphatic hydroxyl groups excluding tert-OH is 1. The van der Waals surface area contributed by atoms with Gasteiger partial charge in [-0.25, -0.2) is 0 Å². The Kier molecular flexibility index (Phi) is 6.72. The fraction of sp³-hybridized carbons (Fsp3) is 0.786. The van der Waals surface area contributed by atoms with E-state index in [0.717, 1.165) is 24.2 Å². The maximum atomic E-state index is 10.0. The second-order valence-electron chi connectivity index (χ2n) is 5.03. The Labute approximate surface area is 115 Å². The van der Waals surface area contributed by atoms with Crippen molar-refractivity contribution >= 4 is 11.6 Å². The fourth-order valence-corrected chi connectivity index (χ4v) is 2.45. The Bertz CT molecular complexity index is 363. The van der Waals surface area contributed by atoms with Gasteiger partial charge in [-0.2, -0.15) is 5.10 Å². The van der Waals surface area contributed by atoms with Crippen LogP contribution in [-0.2, 0) is 13.5 Å². The highest BCUT2D eigenvalue weighted by atomic mass is 35.5. The van der Waals surface area contributed by atoms with Crippen LogP contribution in [0.5, 0.6) is 0 Å². The van der Waals surface area contributed by atoms with E-state index in [0.29, 0.717) is 11.4 Å². The molecule has 0 aromatic carbocycles. The van der Waals surface area contributed by atoms with Gasteiger partial charge in [-0.15, -0.1) is 0 Å². The lowest BCUT2D eigenvalue weighted by Crippen LogP contribution is -2.13. The minimum absolute atomic E-state index is 0.307. The Balaban J connectivity index is 2.33. The SMILES string of the molecule is CCCCCCCC(O)Cc1c(Cl)c(C)nn1C. The van der Waals surface area contributed by atoms with Gasteiger partial charge in [0.2, 0.25) is 0 Å². The van der Waals surface area contributed by atoms with E-state index < -0.39 is 0 Å². The molecule has 1 rings (SSSR count). The van der Waals surface area contributed by atoms with Crippen LogP contribution < -0.4 is 0 Å². The lowest BCUT2D eigenvalue weighted by atomic mass is 10.0. The van der Waals surface area contributed by atoms with Gasteiger partial charge in [-0.1, -0.05) is 50.6 Å². The minimum Gasteiger partial charge on any atom is -0.393 e. The van der Waals surface area contributed by atoms with Gasteiger partial charge < -0.3 is 5.11 Å². The molecule has 1 aromatic heterocycles. The van der Waals surface area contributed by atoms with Crippen molar-refractivity contribution in [2.45, 2.75) is 64.9 Å². The van der Waals surface area contributed by atoms with Crippen LogP contribution >= 0.6 is 11.6 Å². The van der Waals surface area contributed by atoms with E-state index in [4.69, 9.17) is 11.6 Å². The van der Waals surface area contributed by atoms with E-state index in [1.807, 2.05) is 14.0 Å². The summed E-state index contributed by atoms with van der Waals surface area (Å²) in [5.74, 6) is 0. The third kappa shape index (κ3) is 4.62. The molecule has 104 valence electrons. The maximum Gasteiger partial charge on any atom is 0.0847 e. The molecule has 0 bridgehead atoms. The van der Waals surface area contributed by atoms with Crippen LogP contribution in [0.25, 0.3) is 0 Å². The third-order valence-electron chi connectivity index (χ3n) is 3.33. The van der Waals surface area contributed by atoms with Gasteiger partial charge in [0.25, 0.3) is 0 Å². The Morgan fingerprint density at radius 2 is 1.94 bits per heavy atom. The fourth-order valence-electron chi connectivity index (χ4n) is 2.21. The van der Waals surface area contributed by atoms with E-state index in [2.05, 4.69) is 12.0 Å². The molecule has 0 amide bonds. The Hall–Kier alpha value is -0.540. The molecule has 3 nitrogen and oxygen atoms in total. The molecular weight excluding hydrogens is 248 g/mol. The molecule has 1 N–H and O–H groups in total. The average molecular weight is 273 g/mol. The number of hydrogen-bond acceptors (Lipinski definition) is 2. The first kappa shape index (κ1) is 15.5. The van der Waals surface area contributed by atoms with Crippen molar-refractivity contribution < 1.29 is 5.11 Å². The summed E-state index contributed by atoms with van der Waals surface area (Å²) in [6.45, 7) is 4.10. The second kappa shape index (κ2) is 7.80. The largest absolute Gasteiger partial charge is 0.393 e. The molecule has 0 aliphatic rings. The van der Waals surface area contributed by atoms with Crippen molar-refractivity contribution in [1.82, 2.24) is 9.78 Å². The van der Waals surface area contributed by atoms with Gasteiger partial charge in [-0.3, -0.25) is 4.68 Å². The molecule has 1 atom stereocenters. The third-order valence-corrected chi connectivity index (χ3v) is 3.82. The lowest BCUT2D eigenvalue weighted by Gasteiger charge is -2.11. The molecule has 0 radical (unpaired) electrons. The summed E-state index contributed by atoms with van der Waals surface area (Å²) < 4.78 is 1.78. The molecular formula is C14H25ClN2O. The number of halogens is 1. The standard InChI is InChI=1S/C14H25ClN2O/c1-4-5-6-7-8-9-12(18)10-13-14(15)11(2)16-17(13)3/h12,18H,4-10H2,1-3H3. The first-order valence-corrected chi connectivity index (χ1v) is 7.30. The van der Waals surface area contributed by atoms with Crippen LogP contribution in [0.4, 0.5) is 0 Å². The summed E-state index contributed by atoms with van der Waals surface area (Å²) in [4.78, 5) is 0. The number of nitrogens with zero attached hydrogens (tertiary/aromatic N) is 2. The van der Waals surface area contributed by atoms with Crippen molar-refractivity contribution in [2.75, 3.05) is 0 Å². The monoisotopic (exact) mass is 272 g/mol. The molecule has 0 aliphatic carbocycles. The van der Waals surface area contributed by atoms with Gasteiger partial charge in [0, 0.05) is 13.5 Å². The highest BCUT2D eigenvalue weighted by Gasteiger charge is 2.14. The van der Waals surface area contributed by atoms with Crippen molar-refractivity contribution in [2.24, 2.45) is 7.05 Å². The van der Waals surface area contributed by atoms with Crippen LogP contribution in [0.2, 0.25) is 5.02 Å². The number of aryl methyl sites for hydroxylation is 2. The van der Waals surface area contributed by atoms with Gasteiger partial charge in [0.15, 0.2) is 0 Å². The van der Waals surface area contributed by atoms with E-state index >= 15 is 0 Å². The van der Waals surface area contributed by atoms with Gasteiger partial charge in [0.05, 0.1) is 22.5 Å². The summed E-state index contributed by atoms with van der Waals surface area (Å²) in [6.07, 6.45) is 7.27. The highest BCUT2D eigenvalue weighted by Crippen LogP contribution is 2.21. The molecule has 1 aromatic rings. The molecule has 0 fully saturated rings.